The topological polar surface area (TPSA) is 64.4 Å². The van der Waals surface area contributed by atoms with Crippen molar-refractivity contribution < 1.29 is 14.6 Å². The van der Waals surface area contributed by atoms with Gasteiger partial charge in [0, 0.05) is 17.8 Å². The zero-order chi connectivity index (χ0) is 14.7. The van der Waals surface area contributed by atoms with Gasteiger partial charge in [0.1, 0.15) is 5.75 Å². The molecule has 2 aromatic rings. The average molecular weight is 274 g/mol. The number of carboxylic acids is 1. The average Bonchev–Trinajstić information content (AvgIpc) is 2.80. The molecule has 0 spiro atoms. The van der Waals surface area contributed by atoms with E-state index in [2.05, 4.69) is 12.0 Å². The Labute approximate surface area is 117 Å². The quantitative estimate of drug-likeness (QED) is 0.910. The third-order valence-electron chi connectivity index (χ3n) is 3.29. The summed E-state index contributed by atoms with van der Waals surface area (Å²) < 4.78 is 6.98. The second-order valence-electron chi connectivity index (χ2n) is 4.58. The molecule has 0 fully saturated rings. The molecule has 0 saturated carbocycles. The maximum absolute atomic E-state index is 11.4. The third-order valence-corrected chi connectivity index (χ3v) is 3.29. The smallest absolute Gasteiger partial charge is 0.336 e. The van der Waals surface area contributed by atoms with Gasteiger partial charge in [0.15, 0.2) is 0 Å². The van der Waals surface area contributed by atoms with Crippen LogP contribution in [0.4, 0.5) is 0 Å². The molecule has 20 heavy (non-hydrogen) atoms. The molecule has 0 aliphatic heterocycles. The molecule has 2 rings (SSSR count). The molecule has 0 atom stereocenters. The van der Waals surface area contributed by atoms with E-state index in [0.29, 0.717) is 11.3 Å². The summed E-state index contributed by atoms with van der Waals surface area (Å²) in [7, 11) is 1.52. The first-order chi connectivity index (χ1) is 9.58. The minimum atomic E-state index is -0.971. The van der Waals surface area contributed by atoms with Crippen LogP contribution < -0.4 is 4.74 Å². The Hall–Kier alpha value is -2.30. The van der Waals surface area contributed by atoms with Gasteiger partial charge < -0.3 is 9.84 Å². The number of aromatic carboxylic acids is 1. The van der Waals surface area contributed by atoms with E-state index in [1.54, 1.807) is 18.3 Å². The van der Waals surface area contributed by atoms with Gasteiger partial charge in [0.05, 0.1) is 18.9 Å². The minimum absolute atomic E-state index is 0.225. The molecule has 1 heterocycles. The lowest BCUT2D eigenvalue weighted by Crippen LogP contribution is -2.03. The monoisotopic (exact) mass is 274 g/mol. The van der Waals surface area contributed by atoms with Crippen molar-refractivity contribution in [1.29, 1.82) is 0 Å². The van der Waals surface area contributed by atoms with Gasteiger partial charge >= 0.3 is 5.97 Å². The van der Waals surface area contributed by atoms with Gasteiger partial charge in [-0.1, -0.05) is 6.92 Å². The van der Waals surface area contributed by atoms with Crippen molar-refractivity contribution in [1.82, 2.24) is 9.78 Å². The van der Waals surface area contributed by atoms with Crippen LogP contribution in [0.1, 0.15) is 29.4 Å². The second kappa shape index (κ2) is 5.77. The van der Waals surface area contributed by atoms with Gasteiger partial charge in [0.2, 0.25) is 0 Å². The van der Waals surface area contributed by atoms with E-state index in [1.807, 2.05) is 11.6 Å². The zero-order valence-electron chi connectivity index (χ0n) is 11.9. The fourth-order valence-electron chi connectivity index (χ4n) is 2.21. The molecule has 0 saturated heterocycles. The van der Waals surface area contributed by atoms with E-state index in [9.17, 15) is 9.90 Å². The van der Waals surface area contributed by atoms with E-state index in [4.69, 9.17) is 4.74 Å². The van der Waals surface area contributed by atoms with E-state index in [-0.39, 0.29) is 5.56 Å². The largest absolute Gasteiger partial charge is 0.497 e. The van der Waals surface area contributed by atoms with Crippen molar-refractivity contribution >= 4 is 5.97 Å². The van der Waals surface area contributed by atoms with Crippen LogP contribution in [0.25, 0.3) is 11.1 Å². The van der Waals surface area contributed by atoms with Crippen LogP contribution in [0.15, 0.2) is 24.4 Å². The number of aryl methyl sites for hydroxylation is 1. The standard InChI is InChI=1S/C15H18N2O3/c1-4-7-17-10(2)14(9-16-17)12-6-5-11(20-3)8-13(12)15(18)19/h5-6,8-9H,4,7H2,1-3H3,(H,18,19). The third kappa shape index (κ3) is 2.52. The normalized spacial score (nSPS) is 10.6. The van der Waals surface area contributed by atoms with Gasteiger partial charge in [-0.3, -0.25) is 4.68 Å². The Kier molecular flexibility index (Phi) is 4.08. The van der Waals surface area contributed by atoms with Crippen molar-refractivity contribution in [3.05, 3.63) is 35.7 Å². The van der Waals surface area contributed by atoms with Crippen LogP contribution in [0, 0.1) is 6.92 Å². The second-order valence-corrected chi connectivity index (χ2v) is 4.58. The SMILES string of the molecule is CCCn1ncc(-c2ccc(OC)cc2C(=O)O)c1C. The number of methoxy groups -OCH3 is 1. The lowest BCUT2D eigenvalue weighted by molar-refractivity contribution is 0.0697. The lowest BCUT2D eigenvalue weighted by Gasteiger charge is -2.09. The van der Waals surface area contributed by atoms with Crippen LogP contribution in [0.2, 0.25) is 0 Å². The summed E-state index contributed by atoms with van der Waals surface area (Å²) in [5.74, 6) is -0.439. The van der Waals surface area contributed by atoms with E-state index in [1.165, 1.54) is 13.2 Å². The lowest BCUT2D eigenvalue weighted by atomic mass is 10.00. The first kappa shape index (κ1) is 14.1. The van der Waals surface area contributed by atoms with Gasteiger partial charge in [-0.2, -0.15) is 5.10 Å². The fraction of sp³-hybridized carbons (Fsp3) is 0.333. The number of rotatable bonds is 5. The number of hydrogen-bond donors (Lipinski definition) is 1. The summed E-state index contributed by atoms with van der Waals surface area (Å²) in [6.45, 7) is 4.86. The molecule has 5 nitrogen and oxygen atoms in total. The Balaban J connectivity index is 2.54. The van der Waals surface area contributed by atoms with Crippen LogP contribution in [-0.2, 0) is 6.54 Å². The summed E-state index contributed by atoms with van der Waals surface area (Å²) in [6.07, 6.45) is 2.70. The van der Waals surface area contributed by atoms with Crippen molar-refractivity contribution in [2.45, 2.75) is 26.8 Å². The Morgan fingerprint density at radius 1 is 1.40 bits per heavy atom. The predicted molar refractivity (Wildman–Crippen MR) is 76.2 cm³/mol. The number of hydrogen-bond acceptors (Lipinski definition) is 3. The molecular formula is C15H18N2O3. The number of benzene rings is 1. The maximum Gasteiger partial charge on any atom is 0.336 e. The Morgan fingerprint density at radius 3 is 2.75 bits per heavy atom. The number of aromatic nitrogens is 2. The van der Waals surface area contributed by atoms with Crippen LogP contribution in [0.5, 0.6) is 5.75 Å². The highest BCUT2D eigenvalue weighted by Crippen LogP contribution is 2.29. The molecule has 0 radical (unpaired) electrons. The summed E-state index contributed by atoms with van der Waals surface area (Å²) >= 11 is 0. The summed E-state index contributed by atoms with van der Waals surface area (Å²) in [5, 5.41) is 13.7. The van der Waals surface area contributed by atoms with Crippen LogP contribution in [-0.4, -0.2) is 28.0 Å². The van der Waals surface area contributed by atoms with E-state index in [0.717, 1.165) is 24.2 Å². The van der Waals surface area contributed by atoms with E-state index >= 15 is 0 Å². The highest BCUT2D eigenvalue weighted by Gasteiger charge is 2.17. The first-order valence-corrected chi connectivity index (χ1v) is 6.52. The molecule has 0 aliphatic carbocycles. The summed E-state index contributed by atoms with van der Waals surface area (Å²) in [4.78, 5) is 11.4. The molecule has 1 N–H and O–H groups in total. The maximum atomic E-state index is 11.4. The van der Waals surface area contributed by atoms with Gasteiger partial charge in [-0.05, 0) is 37.1 Å². The number of carbonyl (C=O) groups is 1. The Morgan fingerprint density at radius 2 is 2.15 bits per heavy atom. The number of carboxylic acid groups (broad SMARTS) is 1. The molecule has 0 amide bonds. The minimum Gasteiger partial charge on any atom is -0.497 e. The van der Waals surface area contributed by atoms with Crippen molar-refractivity contribution in [2.75, 3.05) is 7.11 Å². The highest BCUT2D eigenvalue weighted by atomic mass is 16.5. The van der Waals surface area contributed by atoms with Crippen molar-refractivity contribution in [3.63, 3.8) is 0 Å². The summed E-state index contributed by atoms with van der Waals surface area (Å²) in [5.41, 5.74) is 2.71. The molecule has 106 valence electrons. The van der Waals surface area contributed by atoms with Crippen molar-refractivity contribution in [3.8, 4) is 16.9 Å². The van der Waals surface area contributed by atoms with Crippen LogP contribution in [0.3, 0.4) is 0 Å². The molecule has 0 bridgehead atoms. The molecule has 5 heteroatoms. The van der Waals surface area contributed by atoms with Crippen LogP contribution >= 0.6 is 0 Å². The molecule has 0 aliphatic rings. The Bertz CT molecular complexity index is 632. The van der Waals surface area contributed by atoms with Crippen molar-refractivity contribution in [2.24, 2.45) is 0 Å². The summed E-state index contributed by atoms with van der Waals surface area (Å²) in [6, 6.07) is 5.06. The fourth-order valence-corrected chi connectivity index (χ4v) is 2.21. The molecule has 0 unspecified atom stereocenters. The van der Waals surface area contributed by atoms with E-state index < -0.39 is 5.97 Å². The number of ether oxygens (including phenoxy) is 1. The predicted octanol–water partition coefficient (Wildman–Crippen LogP) is 2.98. The van der Waals surface area contributed by atoms with Gasteiger partial charge in [-0.15, -0.1) is 0 Å². The molecular weight excluding hydrogens is 256 g/mol. The van der Waals surface area contributed by atoms with Gasteiger partial charge in [0.25, 0.3) is 0 Å². The molecule has 1 aromatic heterocycles. The highest BCUT2D eigenvalue weighted by molar-refractivity contribution is 5.96. The van der Waals surface area contributed by atoms with Gasteiger partial charge in [-0.25, -0.2) is 4.79 Å². The first-order valence-electron chi connectivity index (χ1n) is 6.52. The molecule has 1 aromatic carbocycles. The number of nitrogens with zero attached hydrogens (tertiary/aromatic N) is 2. The zero-order valence-corrected chi connectivity index (χ0v) is 11.9.